The average molecular weight is 1790 g/mol. The maximum absolute atomic E-state index is 10.9. The minimum atomic E-state index is -1.18. The molecule has 0 aliphatic carbocycles. The number of rotatable bonds is 27. The van der Waals surface area contributed by atoms with Gasteiger partial charge < -0.3 is 190 Å². The number of ketones is 1. The highest BCUT2D eigenvalue weighted by Crippen LogP contribution is 2.30. The van der Waals surface area contributed by atoms with Crippen molar-refractivity contribution in [2.45, 2.75) is 262 Å². The van der Waals surface area contributed by atoms with Gasteiger partial charge in [-0.05, 0) is 27.2 Å². The van der Waals surface area contributed by atoms with E-state index < -0.39 is 206 Å². The monoisotopic (exact) mass is 1790 g/mol. The molecule has 9 rings (SSSR count). The van der Waals surface area contributed by atoms with Gasteiger partial charge in [-0.15, -0.1) is 0 Å². The number of carbonyl (C=O) groups is 8. The number of amides is 5. The third kappa shape index (κ3) is 31.2. The smallest absolute Gasteiger partial charge is 0.334 e. The van der Waals surface area contributed by atoms with Gasteiger partial charge in [-0.3, -0.25) is 59.2 Å². The second kappa shape index (κ2) is 54.1. The van der Waals surface area contributed by atoms with Gasteiger partial charge in [0, 0.05) is 113 Å². The predicted molar refractivity (Wildman–Crippen MR) is 429 cm³/mol. The first-order chi connectivity index (χ1) is 57.5. The molecule has 51 nitrogen and oxygen atoms in total. The molecule has 0 aromatic carbocycles. The zero-order valence-electron chi connectivity index (χ0n) is 70.9. The molecular formula is C72H139N17O34. The van der Waals surface area contributed by atoms with Crippen LogP contribution in [-0.2, 0) is 38.4 Å². The predicted octanol–water partition coefficient (Wildman–Crippen LogP) is -20.1. The summed E-state index contributed by atoms with van der Waals surface area (Å²) in [5.74, 6) is -3.54. The van der Waals surface area contributed by atoms with E-state index >= 15 is 0 Å². The van der Waals surface area contributed by atoms with Gasteiger partial charge in [0.05, 0.1) is 235 Å². The minimum absolute atomic E-state index is 0.00156. The fraction of sp³-hybridized carbons (Fsp3) is 0.861. The van der Waals surface area contributed by atoms with Crippen molar-refractivity contribution in [1.82, 2.24) is 77.3 Å². The van der Waals surface area contributed by atoms with Crippen molar-refractivity contribution >= 4 is 58.9 Å². The Labute approximate surface area is 710 Å². The van der Waals surface area contributed by atoms with Gasteiger partial charge in [0.25, 0.3) is 0 Å². The normalized spacial score (nSPS) is 36.3. The number of carboxylic acid groups (broad SMARTS) is 2. The first-order valence-electron chi connectivity index (χ1n) is 40.1. The number of nitrogens with one attached hydrogen (secondary N) is 11. The van der Waals surface area contributed by atoms with Crippen molar-refractivity contribution in [3.8, 4) is 0 Å². The third-order valence-corrected chi connectivity index (χ3v) is 22.9. The van der Waals surface area contributed by atoms with Gasteiger partial charge in [0.2, 0.25) is 29.5 Å². The molecule has 37 N–H and O–H groups in total. The Morgan fingerprint density at radius 3 is 1.02 bits per heavy atom. The minimum Gasteiger partial charge on any atom is -0.480 e. The largest absolute Gasteiger partial charge is 0.480 e. The zero-order valence-corrected chi connectivity index (χ0v) is 70.9. The number of carboxylic acids is 2. The Morgan fingerprint density at radius 1 is 0.382 bits per heavy atom. The van der Waals surface area contributed by atoms with Crippen LogP contribution in [0.15, 0.2) is 0 Å². The van der Waals surface area contributed by atoms with Gasteiger partial charge in [-0.25, -0.2) is 9.59 Å². The van der Waals surface area contributed by atoms with Crippen LogP contribution in [0, 0.1) is 10.8 Å². The SMILES string of the molecule is CC(=O)NC[C@@H](O)[C@@H]1[C@@H](O)[C@H](O)[C@@H](CO)N1C.CC(=O)NC[C@@H]1[C@@H](O)[C@H](O)[C@@H](CO)N1C.CC(=O)NC[C@H]1N[C@H](CO)[C@@H](O)[C@@H]1O.CCN1[C@H](CO)[C@@H](O)[C@H](O)[C@H]1CNC(C)=O.CCN1[C@H]([C@H](O)CNC(C)=O)[C@@H](O)[C@H](O)[C@H]1CO.CN1C(=N)CC(=O)C1C(=O)O.CN1C(=N)CC(O)C1C(=O)O.OC[C@H]1N[C@H](CNC[C@H]2N[C@H](CO)[C@@H](O)[C@@H]2O)[C@@H](O)[C@@H]1O. The molecule has 0 saturated carbocycles. The van der Waals surface area contributed by atoms with Crippen molar-refractivity contribution in [3.63, 3.8) is 0 Å². The number of hydrogen-bond donors (Lipinski definition) is 37. The number of aliphatic carboxylic acids is 2. The van der Waals surface area contributed by atoms with Gasteiger partial charge >= 0.3 is 11.9 Å². The fourth-order valence-corrected chi connectivity index (χ4v) is 15.7. The molecule has 0 radical (unpaired) electrons. The van der Waals surface area contributed by atoms with E-state index in [1.54, 1.807) is 23.9 Å². The van der Waals surface area contributed by atoms with Crippen LogP contribution in [0.3, 0.4) is 0 Å². The quantitative estimate of drug-likeness (QED) is 0.0340. The molecule has 0 aromatic heterocycles. The molecule has 9 saturated heterocycles. The molecule has 0 aromatic rings. The summed E-state index contributed by atoms with van der Waals surface area (Å²) in [5, 5.41) is 284. The first kappa shape index (κ1) is 113. The lowest BCUT2D eigenvalue weighted by molar-refractivity contribution is -0.145. The van der Waals surface area contributed by atoms with Gasteiger partial charge in [-0.1, -0.05) is 13.8 Å². The second-order valence-electron chi connectivity index (χ2n) is 31.2. The van der Waals surface area contributed by atoms with Crippen LogP contribution in [0.4, 0.5) is 0 Å². The van der Waals surface area contributed by atoms with Gasteiger partial charge in [0.15, 0.2) is 17.9 Å². The highest BCUT2D eigenvalue weighted by molar-refractivity contribution is 6.17. The summed E-state index contributed by atoms with van der Waals surface area (Å²) in [5.41, 5.74) is 0. The van der Waals surface area contributed by atoms with Crippen LogP contribution >= 0.6 is 0 Å². The lowest BCUT2D eigenvalue weighted by Gasteiger charge is -2.31. The lowest BCUT2D eigenvalue weighted by Crippen LogP contribution is -2.51. The van der Waals surface area contributed by atoms with Crippen LogP contribution in [0.25, 0.3) is 0 Å². The first-order valence-corrected chi connectivity index (χ1v) is 40.1. The maximum Gasteiger partial charge on any atom is 0.334 e. The standard InChI is InChI=1S/C12H25N3O6.C11H22N2O5.C10H20N2O5.C10H20N2O4.C9H18N2O4.C8H16N2O4.C6H10N2O3.C6H8N2O3/c16-3-7-11(20)9(18)5(14-7)1-13-2-6-10(19)12(21)8(4-17)15-6;1-3-13-7(5-14)10(17)11(18)9(13)8(16)4-12-6(2)15;1-5(14)11-3-7(15)8-10(17)9(16)6(4-13)12(8)2;1-3-12-7(4-11-6(2)14)9(15)10(16)8(12)5-13;1-5(13)10-3-6-8(14)9(15)7(4-12)11(6)2;1-4(12)9-2-5-7(13)8(14)6(3-11)10-5;2*1-8-4(7)2-3(9)5(8)6(10)11/h5-21H,1-4H2;7-11,14,16-18H,3-5H2,1-2H3,(H,12,15);6-10,13,15-17H,3-4H2,1-2H3,(H,11,14);7-10,13,15-16H,3-5H2,1-2H3,(H,11,14);6-9,12,14-15H,3-4H2,1-2H3,(H,10,13);5-8,10-11,13-14H,2-3H2,1H3,(H,9,12);3,5,7,9H,2H2,1H3,(H,10,11);5,7H,2H2,1H3,(H,10,11)/t5-,6-,7-,8-,9-,10-,11-,12-;7-,8-,9-,10-,11-;6-,7-,8-,9-,10-;7-,8-,9-,10-;6-,7-,8-,9-;5-,6-,7-,8-;;/m111111../s1. The summed E-state index contributed by atoms with van der Waals surface area (Å²) in [6, 6.07) is -9.19. The van der Waals surface area contributed by atoms with Crippen molar-refractivity contribution in [3.05, 3.63) is 0 Å². The summed E-state index contributed by atoms with van der Waals surface area (Å²) in [7, 11) is 6.23. The number of amidine groups is 2. The maximum atomic E-state index is 10.9. The summed E-state index contributed by atoms with van der Waals surface area (Å²) in [6.45, 7) is 11.2. The highest BCUT2D eigenvalue weighted by Gasteiger charge is 2.53. The summed E-state index contributed by atoms with van der Waals surface area (Å²) in [6.07, 6.45) is -17.2. The van der Waals surface area contributed by atoms with E-state index in [9.17, 15) is 125 Å². The molecule has 3 unspecified atom stereocenters. The third-order valence-electron chi connectivity index (χ3n) is 22.9. The number of Topliss-reactive ketones (excluding diaryl/α,β-unsaturated/α-hetero) is 1. The molecule has 5 amide bonds. The average Bonchev–Trinajstić information content (AvgIpc) is 1.63. The summed E-state index contributed by atoms with van der Waals surface area (Å²) in [4.78, 5) is 94.5. The van der Waals surface area contributed by atoms with Crippen LogP contribution in [0.1, 0.15) is 61.3 Å². The number of likely N-dealkylation sites (N-methyl/N-ethyl adjacent to an activating group) is 6. The van der Waals surface area contributed by atoms with E-state index in [4.69, 9.17) is 56.8 Å². The van der Waals surface area contributed by atoms with Gasteiger partial charge in [-0.2, -0.15) is 0 Å². The van der Waals surface area contributed by atoms with E-state index in [-0.39, 0.29) is 145 Å². The van der Waals surface area contributed by atoms with E-state index in [0.717, 1.165) is 0 Å². The molecule has 9 fully saturated rings. The molecular weight excluding hydrogens is 1650 g/mol. The number of hydrogen-bond acceptors (Lipinski definition) is 42. The number of aliphatic hydroxyl groups excluding tert-OH is 24. The number of likely N-dealkylation sites (tertiary alicyclic amines) is 6. The summed E-state index contributed by atoms with van der Waals surface area (Å²) < 4.78 is 0. The van der Waals surface area contributed by atoms with Crippen molar-refractivity contribution < 1.29 is 171 Å². The fourth-order valence-electron chi connectivity index (χ4n) is 15.7. The van der Waals surface area contributed by atoms with Crippen molar-refractivity contribution in [2.75, 3.05) is 133 Å². The molecule has 33 atom stereocenters. The molecule has 9 heterocycles. The summed E-state index contributed by atoms with van der Waals surface area (Å²) >= 11 is 0. The van der Waals surface area contributed by atoms with E-state index in [1.165, 1.54) is 63.4 Å². The molecule has 51 heteroatoms. The molecule has 9 aliphatic rings. The number of aliphatic hydroxyl groups is 24. The lowest BCUT2D eigenvalue weighted by atomic mass is 10.0. The van der Waals surface area contributed by atoms with E-state index in [0.29, 0.717) is 26.2 Å². The van der Waals surface area contributed by atoms with E-state index in [1.807, 2.05) is 18.7 Å². The van der Waals surface area contributed by atoms with Crippen LogP contribution in [0.5, 0.6) is 0 Å². The Bertz CT molecular complexity index is 3230. The Hall–Kier alpha value is -6.38. The van der Waals surface area contributed by atoms with E-state index in [2.05, 4.69) is 47.9 Å². The van der Waals surface area contributed by atoms with Crippen LogP contribution < -0.4 is 47.9 Å². The highest BCUT2D eigenvalue weighted by atomic mass is 16.4. The van der Waals surface area contributed by atoms with Crippen LogP contribution in [0.2, 0.25) is 0 Å². The molecule has 0 bridgehead atoms. The topological polar surface area (TPSA) is 838 Å². The van der Waals surface area contributed by atoms with Gasteiger partial charge in [0.1, 0.15) is 5.84 Å². The van der Waals surface area contributed by atoms with Crippen molar-refractivity contribution in [1.29, 1.82) is 10.8 Å². The van der Waals surface area contributed by atoms with Crippen molar-refractivity contribution in [2.24, 2.45) is 0 Å². The Morgan fingerprint density at radius 2 is 0.707 bits per heavy atom. The molecule has 9 aliphatic heterocycles. The Kier molecular flexibility index (Phi) is 49.5. The van der Waals surface area contributed by atoms with Crippen LogP contribution in [-0.4, -0.2) is 555 Å². The number of nitrogens with zero attached hydrogens (tertiary/aromatic N) is 6. The molecule has 716 valence electrons. The Balaban J connectivity index is 0.000000480. The number of carbonyl (C=O) groups excluding carboxylic acids is 6. The zero-order chi connectivity index (χ0) is 94.4. The molecule has 123 heavy (non-hydrogen) atoms. The molecule has 0 spiro atoms. The second-order valence-corrected chi connectivity index (χ2v) is 31.2.